The second-order valence-electron chi connectivity index (χ2n) is 5.69. The van der Waals surface area contributed by atoms with Crippen molar-refractivity contribution in [2.75, 3.05) is 12.4 Å². The molecule has 1 aliphatic heterocycles. The van der Waals surface area contributed by atoms with Gasteiger partial charge in [-0.1, -0.05) is 18.2 Å². The number of phenols is 1. The molecule has 3 aromatic rings. The smallest absolute Gasteiger partial charge is 0.411 e. The minimum Gasteiger partial charge on any atom is -0.507 e. The highest BCUT2D eigenvalue weighted by molar-refractivity contribution is 6.11. The molecule has 0 bridgehead atoms. The molecule has 3 N–H and O–H groups in total. The average Bonchev–Trinajstić information content (AvgIpc) is 3.12. The van der Waals surface area contributed by atoms with Gasteiger partial charge in [0.2, 0.25) is 0 Å². The number of methoxy groups -OCH3 is 1. The van der Waals surface area contributed by atoms with Crippen molar-refractivity contribution in [3.05, 3.63) is 58.5 Å². The molecule has 0 atom stereocenters. The highest BCUT2D eigenvalue weighted by Gasteiger charge is 2.32. The number of hydrogen-bond acceptors (Lipinski definition) is 5. The van der Waals surface area contributed by atoms with E-state index >= 15 is 0 Å². The van der Waals surface area contributed by atoms with Crippen molar-refractivity contribution in [2.45, 2.75) is 0 Å². The molecule has 26 heavy (non-hydrogen) atoms. The van der Waals surface area contributed by atoms with E-state index in [2.05, 4.69) is 15.0 Å². The molecule has 2 heterocycles. The van der Waals surface area contributed by atoms with E-state index in [0.717, 1.165) is 4.57 Å². The fraction of sp³-hybridized carbons (Fsp3) is 0.0556. The quantitative estimate of drug-likeness (QED) is 0.513. The van der Waals surface area contributed by atoms with E-state index in [1.807, 2.05) is 0 Å². The number of aromatic nitrogens is 2. The van der Waals surface area contributed by atoms with Crippen LogP contribution >= 0.6 is 0 Å². The van der Waals surface area contributed by atoms with Gasteiger partial charge in [0.25, 0.3) is 5.91 Å². The molecule has 8 nitrogen and oxygen atoms in total. The third kappa shape index (κ3) is 2.20. The Bertz CT molecular complexity index is 1130. The zero-order valence-corrected chi connectivity index (χ0v) is 13.6. The molecule has 0 saturated carbocycles. The van der Waals surface area contributed by atoms with E-state index in [-0.39, 0.29) is 5.75 Å². The number of benzene rings is 2. The number of carbonyl (C=O) groups is 2. The molecule has 2 aromatic carbocycles. The summed E-state index contributed by atoms with van der Waals surface area (Å²) in [4.78, 5) is 38.6. The van der Waals surface area contributed by atoms with E-state index in [9.17, 15) is 19.5 Å². The molecule has 0 fully saturated rings. The van der Waals surface area contributed by atoms with Gasteiger partial charge in [0.1, 0.15) is 5.75 Å². The molecule has 1 aromatic heterocycles. The molecule has 0 aliphatic carbocycles. The van der Waals surface area contributed by atoms with E-state index in [4.69, 9.17) is 0 Å². The fourth-order valence-electron chi connectivity index (χ4n) is 3.07. The lowest BCUT2D eigenvalue weighted by Crippen LogP contribution is -2.21. The summed E-state index contributed by atoms with van der Waals surface area (Å²) in [6.45, 7) is 0. The van der Waals surface area contributed by atoms with Crippen molar-refractivity contribution < 1.29 is 19.4 Å². The van der Waals surface area contributed by atoms with Crippen molar-refractivity contribution >= 4 is 17.7 Å². The number of aromatic amines is 1. The minimum absolute atomic E-state index is 0.166. The van der Waals surface area contributed by atoms with Crippen LogP contribution in [-0.2, 0) is 4.74 Å². The first-order chi connectivity index (χ1) is 12.5. The van der Waals surface area contributed by atoms with Crippen LogP contribution in [0.1, 0.15) is 10.4 Å². The topological polar surface area (TPSA) is 113 Å². The number of imidazole rings is 1. The fourth-order valence-corrected chi connectivity index (χ4v) is 3.07. The van der Waals surface area contributed by atoms with Gasteiger partial charge in [-0.25, -0.2) is 14.2 Å². The number of H-pyrrole nitrogens is 1. The van der Waals surface area contributed by atoms with Gasteiger partial charge in [-0.3, -0.25) is 10.1 Å². The average molecular weight is 351 g/mol. The predicted octanol–water partition coefficient (Wildman–Crippen LogP) is 2.40. The number of hydrogen-bond donors (Lipinski definition) is 3. The SMILES string of the molecule is COC(=O)Nc1ccc(-c2[nH]c(=O)n3c2-c2ccccc2C3=O)c(O)c1. The largest absolute Gasteiger partial charge is 0.507 e. The molecule has 0 radical (unpaired) electrons. The first-order valence-electron chi connectivity index (χ1n) is 7.68. The number of ether oxygens (including phenoxy) is 1. The lowest BCUT2D eigenvalue weighted by atomic mass is 10.0. The van der Waals surface area contributed by atoms with Crippen molar-refractivity contribution in [3.63, 3.8) is 0 Å². The molecule has 0 spiro atoms. The molecule has 0 saturated heterocycles. The second kappa shape index (κ2) is 5.62. The zero-order valence-electron chi connectivity index (χ0n) is 13.6. The Labute approximate surface area is 146 Å². The van der Waals surface area contributed by atoms with E-state index in [1.165, 1.54) is 19.2 Å². The highest BCUT2D eigenvalue weighted by atomic mass is 16.5. The monoisotopic (exact) mass is 351 g/mol. The van der Waals surface area contributed by atoms with Crippen LogP contribution in [0.15, 0.2) is 47.3 Å². The van der Waals surface area contributed by atoms with Crippen LogP contribution in [0.4, 0.5) is 10.5 Å². The number of nitrogens with zero attached hydrogens (tertiary/aromatic N) is 1. The van der Waals surface area contributed by atoms with Gasteiger partial charge >= 0.3 is 11.8 Å². The first kappa shape index (κ1) is 15.7. The number of rotatable bonds is 2. The summed E-state index contributed by atoms with van der Waals surface area (Å²) in [5.41, 5.74) is 1.85. The molecule has 8 heteroatoms. The summed E-state index contributed by atoms with van der Waals surface area (Å²) in [5, 5.41) is 12.8. The maximum atomic E-state index is 12.5. The summed E-state index contributed by atoms with van der Waals surface area (Å²) in [5.74, 6) is -0.577. The van der Waals surface area contributed by atoms with Gasteiger partial charge in [-0.15, -0.1) is 0 Å². The molecular formula is C18H13N3O5. The second-order valence-corrected chi connectivity index (χ2v) is 5.69. The third-order valence-corrected chi connectivity index (χ3v) is 4.21. The number of anilines is 1. The summed E-state index contributed by atoms with van der Waals surface area (Å²) in [6, 6.07) is 11.3. The number of phenolic OH excluding ortho intramolecular Hbond substituents is 1. The summed E-state index contributed by atoms with van der Waals surface area (Å²) >= 11 is 0. The van der Waals surface area contributed by atoms with E-state index < -0.39 is 17.7 Å². The number of amides is 1. The molecule has 4 rings (SSSR count). The molecule has 1 aliphatic rings. The number of nitrogens with one attached hydrogen (secondary N) is 2. The van der Waals surface area contributed by atoms with Crippen molar-refractivity contribution in [1.82, 2.24) is 9.55 Å². The van der Waals surface area contributed by atoms with Gasteiger partial charge in [0, 0.05) is 28.4 Å². The Kier molecular flexibility index (Phi) is 3.40. The number of aromatic hydroxyl groups is 1. The van der Waals surface area contributed by atoms with Gasteiger partial charge in [-0.2, -0.15) is 0 Å². The Morgan fingerprint density at radius 2 is 1.85 bits per heavy atom. The molecular weight excluding hydrogens is 338 g/mol. The van der Waals surface area contributed by atoms with Gasteiger partial charge < -0.3 is 14.8 Å². The van der Waals surface area contributed by atoms with Crippen LogP contribution in [0.25, 0.3) is 22.5 Å². The maximum Gasteiger partial charge on any atom is 0.411 e. The summed E-state index contributed by atoms with van der Waals surface area (Å²) in [6.07, 6.45) is -0.671. The number of fused-ring (bicyclic) bond motifs is 3. The molecule has 130 valence electrons. The lowest BCUT2D eigenvalue weighted by molar-refractivity contribution is 0.0965. The van der Waals surface area contributed by atoms with Crippen LogP contribution in [-0.4, -0.2) is 33.8 Å². The Hall–Kier alpha value is -3.81. The summed E-state index contributed by atoms with van der Waals surface area (Å²) in [7, 11) is 1.23. The Balaban J connectivity index is 1.86. The molecule has 0 unspecified atom stereocenters. The van der Waals surface area contributed by atoms with Gasteiger partial charge in [-0.05, 0) is 18.2 Å². The Morgan fingerprint density at radius 1 is 1.12 bits per heavy atom. The lowest BCUT2D eigenvalue weighted by Gasteiger charge is -2.08. The van der Waals surface area contributed by atoms with Crippen LogP contribution in [0, 0.1) is 0 Å². The number of carbonyl (C=O) groups excluding carboxylic acids is 2. The standard InChI is InChI=1S/C18H13N3O5/c1-26-18(25)19-9-6-7-12(13(22)8-9)14-15-10-4-2-3-5-11(10)16(23)21(15)17(24)20-14/h2-8,22H,1H3,(H,19,25)(H,20,24). The van der Waals surface area contributed by atoms with Crippen LogP contribution in [0.3, 0.4) is 0 Å². The van der Waals surface area contributed by atoms with Gasteiger partial charge in [0.05, 0.1) is 18.5 Å². The maximum absolute atomic E-state index is 12.5. The van der Waals surface area contributed by atoms with Crippen molar-refractivity contribution in [2.24, 2.45) is 0 Å². The molecule has 1 amide bonds. The van der Waals surface area contributed by atoms with E-state index in [0.29, 0.717) is 33.8 Å². The van der Waals surface area contributed by atoms with Crippen LogP contribution in [0.5, 0.6) is 5.75 Å². The minimum atomic E-state index is -0.671. The van der Waals surface area contributed by atoms with E-state index in [1.54, 1.807) is 30.3 Å². The normalized spacial score (nSPS) is 11.8. The van der Waals surface area contributed by atoms with Crippen LogP contribution < -0.4 is 11.0 Å². The Morgan fingerprint density at radius 3 is 2.54 bits per heavy atom. The third-order valence-electron chi connectivity index (χ3n) is 4.21. The van der Waals surface area contributed by atoms with Crippen molar-refractivity contribution in [3.8, 4) is 28.3 Å². The predicted molar refractivity (Wildman–Crippen MR) is 93.3 cm³/mol. The van der Waals surface area contributed by atoms with Gasteiger partial charge in [0.15, 0.2) is 0 Å². The zero-order chi connectivity index (χ0) is 18.4. The summed E-state index contributed by atoms with van der Waals surface area (Å²) < 4.78 is 5.56. The first-order valence-corrected chi connectivity index (χ1v) is 7.68. The highest BCUT2D eigenvalue weighted by Crippen LogP contribution is 2.40. The van der Waals surface area contributed by atoms with Crippen molar-refractivity contribution in [1.29, 1.82) is 0 Å². The van der Waals surface area contributed by atoms with Crippen LogP contribution in [0.2, 0.25) is 0 Å².